The minimum Gasteiger partial charge on any atom is -0.385 e. The first-order valence-corrected chi connectivity index (χ1v) is 11.6. The molecule has 0 spiro atoms. The fraction of sp³-hybridized carbons (Fsp3) is 0.333. The highest BCUT2D eigenvalue weighted by Gasteiger charge is 2.43. The molecule has 1 unspecified atom stereocenters. The fourth-order valence-corrected chi connectivity index (χ4v) is 4.78. The number of anilines is 2. The van der Waals surface area contributed by atoms with Crippen LogP contribution in [0.2, 0.25) is 0 Å². The quantitative estimate of drug-likeness (QED) is 0.254. The third-order valence-electron chi connectivity index (χ3n) is 6.77. The number of fused-ring (bicyclic) bond motifs is 1. The first-order valence-electron chi connectivity index (χ1n) is 11.6. The van der Waals surface area contributed by atoms with Crippen LogP contribution in [0, 0.1) is 17.5 Å². The molecule has 1 aliphatic heterocycles. The number of nitrogens with two attached hydrogens (primary N) is 2. The third kappa shape index (κ3) is 4.49. The maximum atomic E-state index is 14.6. The normalized spacial score (nSPS) is 18.9. The van der Waals surface area contributed by atoms with Gasteiger partial charge in [-0.3, -0.25) is 4.98 Å². The molecule has 1 fully saturated rings. The number of aliphatic hydroxyl groups is 1. The largest absolute Gasteiger partial charge is 0.385 e. The Balaban J connectivity index is 1.60. The van der Waals surface area contributed by atoms with Crippen LogP contribution in [-0.4, -0.2) is 60.8 Å². The summed E-state index contributed by atoms with van der Waals surface area (Å²) in [5.41, 5.74) is 12.0. The molecule has 0 aliphatic carbocycles. The molecule has 1 aliphatic rings. The number of benzene rings is 1. The molecule has 2 atom stereocenters. The summed E-state index contributed by atoms with van der Waals surface area (Å²) in [4.78, 5) is 18.3. The second-order valence-corrected chi connectivity index (χ2v) is 9.26. The van der Waals surface area contributed by atoms with E-state index in [4.69, 9.17) is 11.5 Å². The Morgan fingerprint density at radius 1 is 1.08 bits per heavy atom. The lowest BCUT2D eigenvalue weighted by molar-refractivity contribution is -0.0529. The highest BCUT2D eigenvalue weighted by Crippen LogP contribution is 2.34. The zero-order valence-corrected chi connectivity index (χ0v) is 19.8. The van der Waals surface area contributed by atoms with E-state index in [0.29, 0.717) is 35.4 Å². The van der Waals surface area contributed by atoms with Gasteiger partial charge in [-0.2, -0.15) is 0 Å². The summed E-state index contributed by atoms with van der Waals surface area (Å²) < 4.78 is 70.5. The number of alkyl halides is 2. The van der Waals surface area contributed by atoms with Gasteiger partial charge in [0.05, 0.1) is 36.0 Å². The average molecular weight is 534 g/mol. The molecule has 200 valence electrons. The van der Waals surface area contributed by atoms with E-state index in [1.54, 1.807) is 9.47 Å². The van der Waals surface area contributed by atoms with Gasteiger partial charge in [-0.15, -0.1) is 0 Å². The third-order valence-corrected chi connectivity index (χ3v) is 6.77. The molecular formula is C24H23F5N8O. The van der Waals surface area contributed by atoms with E-state index in [0.717, 1.165) is 12.1 Å². The van der Waals surface area contributed by atoms with Crippen molar-refractivity contribution in [3.63, 3.8) is 0 Å². The highest BCUT2D eigenvalue weighted by atomic mass is 19.3. The fourth-order valence-electron chi connectivity index (χ4n) is 4.78. The summed E-state index contributed by atoms with van der Waals surface area (Å²) in [5, 5.41) is 10.1. The monoisotopic (exact) mass is 534 g/mol. The Morgan fingerprint density at radius 2 is 1.87 bits per heavy atom. The Hall–Kier alpha value is -3.91. The number of aliphatic hydroxyl groups excluding tert-OH is 1. The van der Waals surface area contributed by atoms with E-state index >= 15 is 0 Å². The lowest BCUT2D eigenvalue weighted by atomic mass is 9.84. The zero-order valence-electron chi connectivity index (χ0n) is 19.8. The number of aromatic nitrogens is 5. The van der Waals surface area contributed by atoms with Gasteiger partial charge in [0.1, 0.15) is 17.9 Å². The van der Waals surface area contributed by atoms with Crippen molar-refractivity contribution in [3.05, 3.63) is 60.1 Å². The number of pyridine rings is 1. The molecule has 5 N–H and O–H groups in total. The molecule has 3 aromatic heterocycles. The van der Waals surface area contributed by atoms with Crippen molar-refractivity contribution in [2.75, 3.05) is 23.7 Å². The minimum absolute atomic E-state index is 0.0161. The molecule has 38 heavy (non-hydrogen) atoms. The Morgan fingerprint density at radius 3 is 2.63 bits per heavy atom. The number of piperidine rings is 1. The summed E-state index contributed by atoms with van der Waals surface area (Å²) in [7, 11) is 0. The maximum Gasteiger partial charge on any atom is 0.265 e. The lowest BCUT2D eigenvalue weighted by Gasteiger charge is -2.44. The molecule has 5 rings (SSSR count). The molecule has 0 saturated carbocycles. The first kappa shape index (κ1) is 25.7. The number of rotatable bonds is 6. The van der Waals surface area contributed by atoms with Gasteiger partial charge < -0.3 is 26.0 Å². The molecule has 4 heterocycles. The van der Waals surface area contributed by atoms with Crippen LogP contribution in [0.5, 0.6) is 0 Å². The molecule has 9 nitrogen and oxygen atoms in total. The van der Waals surface area contributed by atoms with Gasteiger partial charge in [0.15, 0.2) is 28.9 Å². The topological polar surface area (TPSA) is 132 Å². The highest BCUT2D eigenvalue weighted by molar-refractivity contribution is 5.81. The summed E-state index contributed by atoms with van der Waals surface area (Å²) in [5.74, 6) is -4.20. The van der Waals surface area contributed by atoms with Crippen LogP contribution in [-0.2, 0) is 6.54 Å². The summed E-state index contributed by atoms with van der Waals surface area (Å²) in [6.45, 7) is 0.405. The van der Waals surface area contributed by atoms with Crippen molar-refractivity contribution in [1.29, 1.82) is 0 Å². The predicted molar refractivity (Wildman–Crippen MR) is 129 cm³/mol. The average Bonchev–Trinajstić information content (AvgIpc) is 3.31. The van der Waals surface area contributed by atoms with Crippen LogP contribution in [0.1, 0.15) is 18.4 Å². The molecule has 4 aromatic rings. The van der Waals surface area contributed by atoms with Gasteiger partial charge in [0, 0.05) is 18.7 Å². The number of halogens is 5. The molecule has 0 bridgehead atoms. The van der Waals surface area contributed by atoms with E-state index in [9.17, 15) is 27.1 Å². The van der Waals surface area contributed by atoms with Crippen LogP contribution >= 0.6 is 0 Å². The molecular weight excluding hydrogens is 511 g/mol. The van der Waals surface area contributed by atoms with Crippen LogP contribution in [0.3, 0.4) is 0 Å². The summed E-state index contributed by atoms with van der Waals surface area (Å²) >= 11 is 0. The van der Waals surface area contributed by atoms with Gasteiger partial charge in [0.2, 0.25) is 0 Å². The van der Waals surface area contributed by atoms with Crippen molar-refractivity contribution in [1.82, 2.24) is 24.5 Å². The predicted octanol–water partition coefficient (Wildman–Crippen LogP) is 2.86. The van der Waals surface area contributed by atoms with E-state index in [1.807, 2.05) is 0 Å². The van der Waals surface area contributed by atoms with Crippen molar-refractivity contribution >= 4 is 22.7 Å². The number of nitrogens with zero attached hydrogens (tertiary/aromatic N) is 6. The van der Waals surface area contributed by atoms with Gasteiger partial charge in [-0.05, 0) is 36.6 Å². The maximum absolute atomic E-state index is 14.6. The number of hydrogen-bond acceptors (Lipinski definition) is 8. The second kappa shape index (κ2) is 9.76. The van der Waals surface area contributed by atoms with Crippen LogP contribution in [0.15, 0.2) is 37.1 Å². The van der Waals surface area contributed by atoms with Crippen molar-refractivity contribution < 1.29 is 27.1 Å². The van der Waals surface area contributed by atoms with Gasteiger partial charge in [-0.1, -0.05) is 0 Å². The number of hydrogen-bond donors (Lipinski definition) is 3. The van der Waals surface area contributed by atoms with E-state index in [1.165, 1.54) is 24.9 Å². The van der Waals surface area contributed by atoms with Gasteiger partial charge in [0.25, 0.3) is 6.43 Å². The SMILES string of the molecule is Nc1ncnc2c1ncn2Cc1cc(-c2ccc(F)c(F)c2F)ncc1N1CCCC(N)([C@@H](O)C(F)F)C1. The zero-order chi connectivity index (χ0) is 27.2. The number of imidazole rings is 1. The molecule has 1 saturated heterocycles. The summed E-state index contributed by atoms with van der Waals surface area (Å²) in [6, 6.07) is 3.36. The van der Waals surface area contributed by atoms with Gasteiger partial charge in [-0.25, -0.2) is 36.9 Å². The van der Waals surface area contributed by atoms with Crippen LogP contribution in [0.25, 0.3) is 22.4 Å². The smallest absolute Gasteiger partial charge is 0.265 e. The van der Waals surface area contributed by atoms with Crippen molar-refractivity contribution in [2.24, 2.45) is 5.73 Å². The Labute approximate surface area is 213 Å². The van der Waals surface area contributed by atoms with Crippen molar-refractivity contribution in [2.45, 2.75) is 37.5 Å². The second-order valence-electron chi connectivity index (χ2n) is 9.26. The van der Waals surface area contributed by atoms with Crippen molar-refractivity contribution in [3.8, 4) is 11.3 Å². The van der Waals surface area contributed by atoms with Crippen LogP contribution < -0.4 is 16.4 Å². The lowest BCUT2D eigenvalue weighted by Crippen LogP contribution is -2.63. The summed E-state index contributed by atoms with van der Waals surface area (Å²) in [6.07, 6.45) is -0.358. The minimum atomic E-state index is -3.03. The molecule has 1 aromatic carbocycles. The Kier molecular flexibility index (Phi) is 6.61. The molecule has 0 radical (unpaired) electrons. The van der Waals surface area contributed by atoms with Crippen LogP contribution in [0.4, 0.5) is 33.5 Å². The Bertz CT molecular complexity index is 1500. The van der Waals surface area contributed by atoms with E-state index in [2.05, 4.69) is 19.9 Å². The first-order chi connectivity index (χ1) is 18.1. The van der Waals surface area contributed by atoms with E-state index in [-0.39, 0.29) is 36.6 Å². The van der Waals surface area contributed by atoms with Gasteiger partial charge >= 0.3 is 0 Å². The standard InChI is InChI=1S/C24H23F5N8O/c25-14-3-2-13(17(26)18(14)27)15-6-12(8-37-11-35-19-22(30)33-10-34-23(19)37)16(7-32-15)36-5-1-4-24(31,9-36)20(38)21(28)29/h2-3,6-7,10-11,20-21,38H,1,4-5,8-9,31H2,(H2,30,33,34)/t20-,24?/m0/s1. The van der Waals surface area contributed by atoms with E-state index < -0.39 is 35.5 Å². The molecule has 0 amide bonds. The molecule has 14 heteroatoms. The number of nitrogen functional groups attached to an aromatic ring is 1.